The molecule has 6 heteroatoms. The van der Waals surface area contributed by atoms with Crippen LogP contribution in [0.5, 0.6) is 0 Å². The van der Waals surface area contributed by atoms with E-state index >= 15 is 0 Å². The van der Waals surface area contributed by atoms with Gasteiger partial charge in [-0.05, 0) is 30.4 Å². The predicted molar refractivity (Wildman–Crippen MR) is 113 cm³/mol. The van der Waals surface area contributed by atoms with E-state index in [0.717, 1.165) is 11.1 Å². The number of alkyl halides is 1. The number of carboxylic acid groups (broad SMARTS) is 1. The van der Waals surface area contributed by atoms with Crippen LogP contribution >= 0.6 is 0 Å². The van der Waals surface area contributed by atoms with Gasteiger partial charge in [0.1, 0.15) is 5.78 Å². The van der Waals surface area contributed by atoms with E-state index in [2.05, 4.69) is 0 Å². The van der Waals surface area contributed by atoms with E-state index in [0.29, 0.717) is 32.1 Å². The first-order valence-electron chi connectivity index (χ1n) is 10.5. The molecule has 30 heavy (non-hydrogen) atoms. The number of aliphatic hydroxyl groups excluding tert-OH is 2. The zero-order chi connectivity index (χ0) is 21.9. The fourth-order valence-electron chi connectivity index (χ4n) is 3.85. The summed E-state index contributed by atoms with van der Waals surface area (Å²) in [6, 6.07) is 7.45. The molecule has 1 aliphatic carbocycles. The minimum absolute atomic E-state index is 0.000694. The topological polar surface area (TPSA) is 94.8 Å². The van der Waals surface area contributed by atoms with Gasteiger partial charge in [-0.3, -0.25) is 14.0 Å². The highest BCUT2D eigenvalue weighted by molar-refractivity contribution is 5.84. The van der Waals surface area contributed by atoms with Crippen molar-refractivity contribution in [1.29, 1.82) is 0 Å². The van der Waals surface area contributed by atoms with Crippen molar-refractivity contribution >= 4 is 11.8 Å². The monoisotopic (exact) mass is 418 g/mol. The lowest BCUT2D eigenvalue weighted by Gasteiger charge is -2.17. The SMILES string of the molecule is O=C(O)CCCC=CC[C@H]1C(=O)C[C@@H](O)[C@@H]1C=C[C@H](O)Cc1cccc(CCF)c1. The van der Waals surface area contributed by atoms with Gasteiger partial charge in [-0.2, -0.15) is 0 Å². The summed E-state index contributed by atoms with van der Waals surface area (Å²) in [6.45, 7) is -0.422. The highest BCUT2D eigenvalue weighted by Gasteiger charge is 2.39. The van der Waals surface area contributed by atoms with Crippen molar-refractivity contribution in [1.82, 2.24) is 0 Å². The third-order valence-corrected chi connectivity index (χ3v) is 5.43. The molecule has 0 aliphatic heterocycles. The average Bonchev–Trinajstić information content (AvgIpc) is 2.95. The molecule has 0 amide bonds. The second-order valence-corrected chi connectivity index (χ2v) is 7.83. The van der Waals surface area contributed by atoms with Crippen molar-refractivity contribution < 1.29 is 29.3 Å². The van der Waals surface area contributed by atoms with E-state index < -0.39 is 24.9 Å². The number of Topliss-reactive ketones (excluding diaryl/α,β-unsaturated/α-hetero) is 1. The molecule has 1 aliphatic rings. The second-order valence-electron chi connectivity index (χ2n) is 7.83. The number of carbonyl (C=O) groups is 2. The number of unbranched alkanes of at least 4 members (excludes halogenated alkanes) is 1. The fraction of sp³-hybridized carbons (Fsp3) is 0.500. The van der Waals surface area contributed by atoms with Gasteiger partial charge < -0.3 is 15.3 Å². The molecule has 0 unspecified atom stereocenters. The summed E-state index contributed by atoms with van der Waals surface area (Å²) in [6.07, 6.45) is 8.19. The summed E-state index contributed by atoms with van der Waals surface area (Å²) in [5.74, 6) is -1.52. The van der Waals surface area contributed by atoms with E-state index in [4.69, 9.17) is 5.11 Å². The minimum atomic E-state index is -0.824. The molecule has 0 spiro atoms. The third kappa shape index (κ3) is 7.84. The minimum Gasteiger partial charge on any atom is -0.481 e. The van der Waals surface area contributed by atoms with Gasteiger partial charge in [-0.25, -0.2) is 0 Å². The normalized spacial score (nSPS) is 22.9. The molecule has 0 heterocycles. The Hall–Kier alpha value is -2.31. The summed E-state index contributed by atoms with van der Waals surface area (Å²) >= 11 is 0. The van der Waals surface area contributed by atoms with Crippen LogP contribution in [0.2, 0.25) is 0 Å². The van der Waals surface area contributed by atoms with Crippen LogP contribution in [0.4, 0.5) is 4.39 Å². The second kappa shape index (κ2) is 12.4. The van der Waals surface area contributed by atoms with E-state index in [1.807, 2.05) is 36.4 Å². The van der Waals surface area contributed by atoms with Gasteiger partial charge in [-0.1, -0.05) is 48.6 Å². The largest absolute Gasteiger partial charge is 0.481 e. The Bertz CT molecular complexity index is 758. The van der Waals surface area contributed by atoms with Gasteiger partial charge in [0, 0.05) is 37.5 Å². The average molecular weight is 419 g/mol. The van der Waals surface area contributed by atoms with Gasteiger partial charge in [0.05, 0.1) is 18.9 Å². The summed E-state index contributed by atoms with van der Waals surface area (Å²) in [7, 11) is 0. The van der Waals surface area contributed by atoms with Crippen LogP contribution < -0.4 is 0 Å². The van der Waals surface area contributed by atoms with Gasteiger partial charge in [0.15, 0.2) is 0 Å². The Morgan fingerprint density at radius 2 is 2.03 bits per heavy atom. The molecule has 0 bridgehead atoms. The number of halogens is 1. The smallest absolute Gasteiger partial charge is 0.303 e. The molecule has 1 saturated carbocycles. The molecular formula is C24H31FO5. The van der Waals surface area contributed by atoms with Crippen LogP contribution in [0.15, 0.2) is 48.6 Å². The van der Waals surface area contributed by atoms with Crippen LogP contribution in [0, 0.1) is 11.8 Å². The molecule has 2 rings (SSSR count). The van der Waals surface area contributed by atoms with Crippen molar-refractivity contribution in [2.45, 2.75) is 57.2 Å². The van der Waals surface area contributed by atoms with E-state index in [-0.39, 0.29) is 30.5 Å². The third-order valence-electron chi connectivity index (χ3n) is 5.43. The maximum absolute atomic E-state index is 12.5. The fourth-order valence-corrected chi connectivity index (χ4v) is 3.85. The summed E-state index contributed by atoms with van der Waals surface area (Å²) in [5, 5.41) is 29.2. The van der Waals surface area contributed by atoms with Crippen LogP contribution in [0.1, 0.15) is 43.2 Å². The van der Waals surface area contributed by atoms with Gasteiger partial charge in [-0.15, -0.1) is 0 Å². The lowest BCUT2D eigenvalue weighted by molar-refractivity contribution is -0.137. The molecule has 1 aromatic carbocycles. The number of rotatable bonds is 12. The van der Waals surface area contributed by atoms with Crippen LogP contribution in [-0.2, 0) is 22.4 Å². The number of benzene rings is 1. The standard InChI is InChI=1S/C24H31FO5/c25-13-12-17-6-5-7-18(14-17)15-19(26)10-11-21-20(22(27)16-23(21)28)8-3-1-2-4-9-24(29)30/h1,3,5-7,10-11,14,19-21,23,26,28H,2,4,8-9,12-13,15-16H2,(H,29,30)/t19-,20+,21+,23+/m0/s1. The lowest BCUT2D eigenvalue weighted by atomic mass is 9.90. The number of allylic oxidation sites excluding steroid dienone is 2. The van der Waals surface area contributed by atoms with Crippen molar-refractivity contribution in [2.24, 2.45) is 11.8 Å². The number of aryl methyl sites for hydroxylation is 1. The van der Waals surface area contributed by atoms with E-state index in [1.54, 1.807) is 12.2 Å². The Morgan fingerprint density at radius 3 is 2.77 bits per heavy atom. The van der Waals surface area contributed by atoms with Crippen molar-refractivity contribution in [3.63, 3.8) is 0 Å². The maximum Gasteiger partial charge on any atom is 0.303 e. The molecule has 3 N–H and O–H groups in total. The van der Waals surface area contributed by atoms with Gasteiger partial charge in [0.2, 0.25) is 0 Å². The molecule has 0 aromatic heterocycles. The first-order valence-corrected chi connectivity index (χ1v) is 10.5. The zero-order valence-corrected chi connectivity index (χ0v) is 17.1. The molecule has 5 nitrogen and oxygen atoms in total. The van der Waals surface area contributed by atoms with Gasteiger partial charge >= 0.3 is 5.97 Å². The first kappa shape index (κ1) is 24.0. The summed E-state index contributed by atoms with van der Waals surface area (Å²) < 4.78 is 12.5. The van der Waals surface area contributed by atoms with Crippen LogP contribution in [-0.4, -0.2) is 46.0 Å². The Balaban J connectivity index is 1.90. The number of aliphatic hydroxyl groups is 2. The summed E-state index contributed by atoms with van der Waals surface area (Å²) in [5.41, 5.74) is 1.79. The van der Waals surface area contributed by atoms with Crippen molar-refractivity contribution in [2.75, 3.05) is 6.67 Å². The number of aliphatic carboxylic acids is 1. The van der Waals surface area contributed by atoms with Crippen molar-refractivity contribution in [3.05, 3.63) is 59.7 Å². The molecule has 1 aromatic rings. The molecule has 164 valence electrons. The number of carbonyl (C=O) groups excluding carboxylic acids is 1. The Labute approximate surface area is 176 Å². The first-order chi connectivity index (χ1) is 14.4. The van der Waals surface area contributed by atoms with E-state index in [9.17, 15) is 24.2 Å². The number of carboxylic acids is 1. The molecular weight excluding hydrogens is 387 g/mol. The molecule has 0 radical (unpaired) electrons. The molecule has 1 fully saturated rings. The van der Waals surface area contributed by atoms with Crippen molar-refractivity contribution in [3.8, 4) is 0 Å². The lowest BCUT2D eigenvalue weighted by Crippen LogP contribution is -2.19. The van der Waals surface area contributed by atoms with Crippen LogP contribution in [0.3, 0.4) is 0 Å². The number of ketones is 1. The maximum atomic E-state index is 12.5. The quantitative estimate of drug-likeness (QED) is 0.357. The highest BCUT2D eigenvalue weighted by atomic mass is 19.1. The zero-order valence-electron chi connectivity index (χ0n) is 17.1. The number of hydrogen-bond acceptors (Lipinski definition) is 4. The highest BCUT2D eigenvalue weighted by Crippen LogP contribution is 2.33. The Kier molecular flexibility index (Phi) is 9.91. The van der Waals surface area contributed by atoms with Crippen LogP contribution in [0.25, 0.3) is 0 Å². The molecule has 4 atom stereocenters. The number of hydrogen-bond donors (Lipinski definition) is 3. The van der Waals surface area contributed by atoms with Gasteiger partial charge in [0.25, 0.3) is 0 Å². The Morgan fingerprint density at radius 1 is 1.27 bits per heavy atom. The molecule has 0 saturated heterocycles. The summed E-state index contributed by atoms with van der Waals surface area (Å²) in [4.78, 5) is 22.8. The van der Waals surface area contributed by atoms with E-state index in [1.165, 1.54) is 0 Å². The predicted octanol–water partition coefficient (Wildman–Crippen LogP) is 3.43.